The maximum atomic E-state index is 12.4. The number of carbonyl (C=O) groups excluding carboxylic acids is 2. The first-order valence-corrected chi connectivity index (χ1v) is 7.72. The molecule has 118 valence electrons. The Morgan fingerprint density at radius 1 is 1.14 bits per heavy atom. The van der Waals surface area contributed by atoms with Crippen molar-refractivity contribution in [2.24, 2.45) is 5.41 Å². The van der Waals surface area contributed by atoms with Crippen LogP contribution in [0.1, 0.15) is 46.4 Å². The largest absolute Gasteiger partial charge is 0.465 e. The van der Waals surface area contributed by atoms with Gasteiger partial charge in [0.25, 0.3) is 5.91 Å². The number of ether oxygens (including phenoxy) is 2. The van der Waals surface area contributed by atoms with Crippen LogP contribution in [-0.4, -0.2) is 38.2 Å². The highest BCUT2D eigenvalue weighted by Crippen LogP contribution is 2.48. The molecule has 1 atom stereocenters. The zero-order chi connectivity index (χ0) is 15.6. The van der Waals surface area contributed by atoms with Gasteiger partial charge in [0.2, 0.25) is 0 Å². The number of methoxy groups -OCH3 is 1. The number of carbonyl (C=O) groups is 2. The Morgan fingerprint density at radius 3 is 2.32 bits per heavy atom. The Morgan fingerprint density at radius 2 is 1.77 bits per heavy atom. The Labute approximate surface area is 130 Å². The van der Waals surface area contributed by atoms with Crippen molar-refractivity contribution >= 4 is 11.9 Å². The van der Waals surface area contributed by atoms with Gasteiger partial charge in [-0.3, -0.25) is 4.79 Å². The summed E-state index contributed by atoms with van der Waals surface area (Å²) in [6.45, 7) is 1.58. The van der Waals surface area contributed by atoms with E-state index in [0.717, 1.165) is 32.5 Å². The molecular weight excluding hydrogens is 282 g/mol. The van der Waals surface area contributed by atoms with E-state index < -0.39 is 5.97 Å². The van der Waals surface area contributed by atoms with Crippen LogP contribution < -0.4 is 5.32 Å². The molecule has 1 saturated heterocycles. The van der Waals surface area contributed by atoms with Crippen molar-refractivity contribution in [1.29, 1.82) is 0 Å². The van der Waals surface area contributed by atoms with Crippen molar-refractivity contribution in [3.05, 3.63) is 35.4 Å². The Kier molecular flexibility index (Phi) is 4.16. The minimum absolute atomic E-state index is 0.0769. The molecule has 1 aromatic carbocycles. The van der Waals surface area contributed by atoms with Gasteiger partial charge in [-0.25, -0.2) is 4.79 Å². The molecule has 22 heavy (non-hydrogen) atoms. The molecule has 1 N–H and O–H groups in total. The van der Waals surface area contributed by atoms with Crippen LogP contribution >= 0.6 is 0 Å². The van der Waals surface area contributed by atoms with Crippen molar-refractivity contribution in [1.82, 2.24) is 5.32 Å². The lowest BCUT2D eigenvalue weighted by Gasteiger charge is -2.52. The van der Waals surface area contributed by atoms with Crippen LogP contribution in [0.15, 0.2) is 24.3 Å². The van der Waals surface area contributed by atoms with Crippen LogP contribution in [0.5, 0.6) is 0 Å². The van der Waals surface area contributed by atoms with Gasteiger partial charge in [-0.15, -0.1) is 0 Å². The molecule has 1 aliphatic carbocycles. The molecule has 3 rings (SSSR count). The Bertz CT molecular complexity index is 561. The van der Waals surface area contributed by atoms with Crippen molar-refractivity contribution < 1.29 is 19.1 Å². The first kappa shape index (κ1) is 15.0. The van der Waals surface area contributed by atoms with Crippen LogP contribution in [0, 0.1) is 5.41 Å². The monoisotopic (exact) mass is 303 g/mol. The smallest absolute Gasteiger partial charge is 0.337 e. The van der Waals surface area contributed by atoms with E-state index in [1.165, 1.54) is 13.5 Å². The van der Waals surface area contributed by atoms with E-state index in [1.807, 2.05) is 0 Å². The molecule has 0 bridgehead atoms. The third-order valence-electron chi connectivity index (χ3n) is 5.03. The van der Waals surface area contributed by atoms with Crippen molar-refractivity contribution in [2.75, 3.05) is 20.3 Å². The van der Waals surface area contributed by atoms with Crippen LogP contribution in [0.4, 0.5) is 0 Å². The maximum absolute atomic E-state index is 12.4. The summed E-state index contributed by atoms with van der Waals surface area (Å²) in [5.74, 6) is -0.473. The van der Waals surface area contributed by atoms with Gasteiger partial charge in [0.1, 0.15) is 0 Å². The average molecular weight is 303 g/mol. The van der Waals surface area contributed by atoms with E-state index >= 15 is 0 Å². The molecule has 1 aliphatic heterocycles. The average Bonchev–Trinajstić information content (AvgIpc) is 2.58. The summed E-state index contributed by atoms with van der Waals surface area (Å²) in [5, 5.41) is 3.15. The van der Waals surface area contributed by atoms with Gasteiger partial charge in [-0.05, 0) is 55.4 Å². The number of rotatable bonds is 3. The first-order chi connectivity index (χ1) is 10.6. The number of esters is 1. The number of benzene rings is 1. The van der Waals surface area contributed by atoms with Gasteiger partial charge in [0.05, 0.1) is 12.7 Å². The van der Waals surface area contributed by atoms with Gasteiger partial charge >= 0.3 is 5.97 Å². The van der Waals surface area contributed by atoms with E-state index in [0.29, 0.717) is 11.1 Å². The summed E-state index contributed by atoms with van der Waals surface area (Å²) in [5.41, 5.74) is 1.25. The number of amides is 1. The van der Waals surface area contributed by atoms with Gasteiger partial charge < -0.3 is 14.8 Å². The summed E-state index contributed by atoms with van der Waals surface area (Å²) in [4.78, 5) is 23.8. The van der Waals surface area contributed by atoms with Gasteiger partial charge in [-0.1, -0.05) is 0 Å². The lowest BCUT2D eigenvalue weighted by molar-refractivity contribution is -0.0523. The molecule has 1 spiro atoms. The molecule has 1 unspecified atom stereocenters. The predicted molar refractivity (Wildman–Crippen MR) is 80.8 cm³/mol. The highest BCUT2D eigenvalue weighted by molar-refractivity contribution is 5.96. The fourth-order valence-electron chi connectivity index (χ4n) is 3.42. The third kappa shape index (κ3) is 2.73. The van der Waals surface area contributed by atoms with Crippen molar-refractivity contribution in [2.45, 2.75) is 31.7 Å². The summed E-state index contributed by atoms with van der Waals surface area (Å²) in [7, 11) is 1.34. The second kappa shape index (κ2) is 6.08. The lowest BCUT2D eigenvalue weighted by Crippen LogP contribution is -2.57. The molecule has 1 heterocycles. The van der Waals surface area contributed by atoms with E-state index in [9.17, 15) is 9.59 Å². The van der Waals surface area contributed by atoms with Crippen LogP contribution in [0.25, 0.3) is 0 Å². The Hall–Kier alpha value is -1.88. The molecule has 5 heteroatoms. The second-order valence-electron chi connectivity index (χ2n) is 6.11. The zero-order valence-electron chi connectivity index (χ0n) is 12.8. The molecule has 2 aliphatic rings. The fourth-order valence-corrected chi connectivity index (χ4v) is 3.42. The summed E-state index contributed by atoms with van der Waals surface area (Å²) >= 11 is 0. The predicted octanol–water partition coefficient (Wildman–Crippen LogP) is 2.16. The SMILES string of the molecule is COC(=O)c1ccc(C(=O)NC2CCC23CCOCC3)cc1. The van der Waals surface area contributed by atoms with Gasteiger partial charge in [0, 0.05) is 24.8 Å². The van der Waals surface area contributed by atoms with Crippen molar-refractivity contribution in [3.63, 3.8) is 0 Å². The normalized spacial score (nSPS) is 22.7. The number of nitrogens with one attached hydrogen (secondary N) is 1. The summed E-state index contributed by atoms with van der Waals surface area (Å²) in [6.07, 6.45) is 4.26. The number of hydrogen-bond acceptors (Lipinski definition) is 4. The minimum Gasteiger partial charge on any atom is -0.465 e. The molecule has 1 aromatic rings. The third-order valence-corrected chi connectivity index (χ3v) is 5.03. The zero-order valence-corrected chi connectivity index (χ0v) is 12.8. The molecule has 0 radical (unpaired) electrons. The van der Waals surface area contributed by atoms with Gasteiger partial charge in [-0.2, -0.15) is 0 Å². The quantitative estimate of drug-likeness (QED) is 0.869. The standard InChI is InChI=1S/C17H21NO4/c1-21-16(20)13-4-2-12(3-5-13)15(19)18-14-6-7-17(14)8-10-22-11-9-17/h2-5,14H,6-11H2,1H3,(H,18,19). The summed E-state index contributed by atoms with van der Waals surface area (Å²) < 4.78 is 10.1. The first-order valence-electron chi connectivity index (χ1n) is 7.72. The highest BCUT2D eigenvalue weighted by atomic mass is 16.5. The van der Waals surface area contributed by atoms with E-state index in [-0.39, 0.29) is 17.4 Å². The fraction of sp³-hybridized carbons (Fsp3) is 0.529. The van der Waals surface area contributed by atoms with Crippen LogP contribution in [-0.2, 0) is 9.47 Å². The van der Waals surface area contributed by atoms with Gasteiger partial charge in [0.15, 0.2) is 0 Å². The molecule has 0 aromatic heterocycles. The molecule has 2 fully saturated rings. The van der Waals surface area contributed by atoms with Crippen LogP contribution in [0.3, 0.4) is 0 Å². The number of hydrogen-bond donors (Lipinski definition) is 1. The molecule has 1 amide bonds. The maximum Gasteiger partial charge on any atom is 0.337 e. The Balaban J connectivity index is 1.63. The van der Waals surface area contributed by atoms with E-state index in [2.05, 4.69) is 10.1 Å². The highest BCUT2D eigenvalue weighted by Gasteiger charge is 2.47. The molecular formula is C17H21NO4. The molecule has 5 nitrogen and oxygen atoms in total. The second-order valence-corrected chi connectivity index (χ2v) is 6.11. The van der Waals surface area contributed by atoms with Crippen LogP contribution in [0.2, 0.25) is 0 Å². The lowest BCUT2D eigenvalue weighted by atomic mass is 9.60. The van der Waals surface area contributed by atoms with Crippen molar-refractivity contribution in [3.8, 4) is 0 Å². The van der Waals surface area contributed by atoms with E-state index in [1.54, 1.807) is 24.3 Å². The topological polar surface area (TPSA) is 64.6 Å². The molecule has 1 saturated carbocycles. The van der Waals surface area contributed by atoms with E-state index in [4.69, 9.17) is 4.74 Å². The minimum atomic E-state index is -0.396. The summed E-state index contributed by atoms with van der Waals surface area (Å²) in [6, 6.07) is 6.80.